The van der Waals surface area contributed by atoms with Crippen molar-refractivity contribution >= 4 is 21.9 Å². The summed E-state index contributed by atoms with van der Waals surface area (Å²) in [5.74, 6) is -0.317. The zero-order valence-electron chi connectivity index (χ0n) is 14.4. The number of nitrogens with zero attached hydrogens (tertiary/aromatic N) is 3. The van der Waals surface area contributed by atoms with Crippen LogP contribution < -0.4 is 4.74 Å². The fraction of sp³-hybridized carbons (Fsp3) is 0.0500. The van der Waals surface area contributed by atoms with E-state index < -0.39 is 11.6 Å². The van der Waals surface area contributed by atoms with Crippen molar-refractivity contribution in [1.82, 2.24) is 25.1 Å². The third kappa shape index (κ3) is 2.84. The molecule has 5 rings (SSSR count). The number of benzene rings is 2. The van der Waals surface area contributed by atoms with Gasteiger partial charge in [-0.15, -0.1) is 0 Å². The Kier molecular flexibility index (Phi) is 3.75. The smallest absolute Gasteiger partial charge is 0.159 e. The molecule has 0 saturated carbocycles. The quantitative estimate of drug-likeness (QED) is 0.488. The Morgan fingerprint density at radius 1 is 1.04 bits per heavy atom. The van der Waals surface area contributed by atoms with Gasteiger partial charge in [-0.2, -0.15) is 5.10 Å². The van der Waals surface area contributed by atoms with Crippen LogP contribution in [0.15, 0.2) is 54.9 Å². The van der Waals surface area contributed by atoms with E-state index in [4.69, 9.17) is 4.74 Å². The number of aromatic amines is 2. The van der Waals surface area contributed by atoms with Crippen LogP contribution in [0.1, 0.15) is 5.56 Å². The average molecular weight is 377 g/mol. The van der Waals surface area contributed by atoms with E-state index in [1.54, 1.807) is 18.5 Å². The lowest BCUT2D eigenvalue weighted by Gasteiger charge is -2.05. The molecule has 0 bridgehead atoms. The predicted molar refractivity (Wildman–Crippen MR) is 99.7 cm³/mol. The van der Waals surface area contributed by atoms with Crippen LogP contribution >= 0.6 is 0 Å². The van der Waals surface area contributed by atoms with Gasteiger partial charge in [0, 0.05) is 30.1 Å². The van der Waals surface area contributed by atoms with Gasteiger partial charge in [-0.25, -0.2) is 13.8 Å². The van der Waals surface area contributed by atoms with E-state index in [0.29, 0.717) is 29.4 Å². The molecule has 0 aliphatic heterocycles. The summed E-state index contributed by atoms with van der Waals surface area (Å²) < 4.78 is 33.4. The maximum atomic E-state index is 14.2. The standard InChI is InChI=1S/C20H13F2N5O/c21-12-6-14(22)18-17(7-12)26-27-19(18)20-24-15-4-3-13(8-16(15)25-20)28-10-11-2-1-5-23-9-11/h1-9H,10H2,(H,24,25)(H,26,27). The van der Waals surface area contributed by atoms with Crippen LogP contribution in [0.2, 0.25) is 0 Å². The largest absolute Gasteiger partial charge is 0.489 e. The van der Waals surface area contributed by atoms with Crippen LogP contribution in [0.25, 0.3) is 33.5 Å². The van der Waals surface area contributed by atoms with Crippen LogP contribution in [-0.4, -0.2) is 25.1 Å². The average Bonchev–Trinajstić information content (AvgIpc) is 3.30. The molecule has 0 atom stereocenters. The minimum atomic E-state index is -0.695. The van der Waals surface area contributed by atoms with E-state index in [-0.39, 0.29) is 10.9 Å². The molecule has 3 aromatic heterocycles. The predicted octanol–water partition coefficient (Wildman–Crippen LogP) is 4.36. The van der Waals surface area contributed by atoms with E-state index in [0.717, 1.165) is 17.1 Å². The summed E-state index contributed by atoms with van der Waals surface area (Å²) in [6.45, 7) is 0.390. The first-order valence-electron chi connectivity index (χ1n) is 8.52. The fourth-order valence-electron chi connectivity index (χ4n) is 3.09. The third-order valence-corrected chi connectivity index (χ3v) is 4.39. The molecule has 0 amide bonds. The molecule has 8 heteroatoms. The Labute approximate surface area is 157 Å². The van der Waals surface area contributed by atoms with Crippen LogP contribution in [0.3, 0.4) is 0 Å². The molecule has 0 spiro atoms. The number of ether oxygens (including phenoxy) is 1. The number of hydrogen-bond acceptors (Lipinski definition) is 4. The van der Waals surface area contributed by atoms with Crippen molar-refractivity contribution < 1.29 is 13.5 Å². The van der Waals surface area contributed by atoms with Gasteiger partial charge in [0.1, 0.15) is 29.7 Å². The molecule has 0 aliphatic carbocycles. The fourth-order valence-corrected chi connectivity index (χ4v) is 3.09. The van der Waals surface area contributed by atoms with Crippen molar-refractivity contribution in [3.05, 3.63) is 72.1 Å². The molecule has 0 saturated heterocycles. The van der Waals surface area contributed by atoms with Crippen LogP contribution in [0, 0.1) is 11.6 Å². The number of H-pyrrole nitrogens is 2. The number of imidazole rings is 1. The lowest BCUT2D eigenvalue weighted by molar-refractivity contribution is 0.306. The second-order valence-corrected chi connectivity index (χ2v) is 6.30. The van der Waals surface area contributed by atoms with Gasteiger partial charge in [-0.3, -0.25) is 10.1 Å². The third-order valence-electron chi connectivity index (χ3n) is 4.39. The molecule has 2 aromatic carbocycles. The monoisotopic (exact) mass is 377 g/mol. The van der Waals surface area contributed by atoms with Crippen molar-refractivity contribution in [2.24, 2.45) is 0 Å². The Morgan fingerprint density at radius 3 is 2.82 bits per heavy atom. The topological polar surface area (TPSA) is 79.5 Å². The summed E-state index contributed by atoms with van der Waals surface area (Å²) in [5.41, 5.74) is 2.92. The maximum absolute atomic E-state index is 14.2. The lowest BCUT2D eigenvalue weighted by atomic mass is 10.2. The minimum Gasteiger partial charge on any atom is -0.489 e. The summed E-state index contributed by atoms with van der Waals surface area (Å²) in [6, 6.07) is 11.2. The molecular weight excluding hydrogens is 364 g/mol. The van der Waals surface area contributed by atoms with Gasteiger partial charge in [0.25, 0.3) is 0 Å². The molecule has 0 fully saturated rings. The summed E-state index contributed by atoms with van der Waals surface area (Å²) in [4.78, 5) is 11.6. The molecular formula is C20H13F2N5O. The van der Waals surface area contributed by atoms with Crippen LogP contribution in [0.4, 0.5) is 8.78 Å². The lowest BCUT2D eigenvalue weighted by Crippen LogP contribution is -1.95. The second kappa shape index (κ2) is 6.41. The molecule has 3 heterocycles. The number of hydrogen-bond donors (Lipinski definition) is 2. The number of nitrogens with one attached hydrogen (secondary N) is 2. The van der Waals surface area contributed by atoms with E-state index >= 15 is 0 Å². The van der Waals surface area contributed by atoms with E-state index in [2.05, 4.69) is 25.1 Å². The highest BCUT2D eigenvalue weighted by atomic mass is 19.1. The highest BCUT2D eigenvalue weighted by Crippen LogP contribution is 2.30. The van der Waals surface area contributed by atoms with E-state index in [1.807, 2.05) is 24.3 Å². The summed E-state index contributed by atoms with van der Waals surface area (Å²) in [7, 11) is 0. The van der Waals surface area contributed by atoms with Crippen LogP contribution in [0.5, 0.6) is 5.75 Å². The van der Waals surface area contributed by atoms with Crippen molar-refractivity contribution in [3.63, 3.8) is 0 Å². The summed E-state index contributed by atoms with van der Waals surface area (Å²) >= 11 is 0. The van der Waals surface area contributed by atoms with Gasteiger partial charge in [0.05, 0.1) is 21.9 Å². The van der Waals surface area contributed by atoms with Crippen molar-refractivity contribution in [3.8, 4) is 17.3 Å². The van der Waals surface area contributed by atoms with Gasteiger partial charge < -0.3 is 9.72 Å². The van der Waals surface area contributed by atoms with Gasteiger partial charge in [-0.1, -0.05) is 6.07 Å². The first kappa shape index (κ1) is 16.4. The van der Waals surface area contributed by atoms with Gasteiger partial charge in [0.2, 0.25) is 0 Å². The highest BCUT2D eigenvalue weighted by molar-refractivity contribution is 5.93. The number of fused-ring (bicyclic) bond motifs is 2. The molecule has 0 unspecified atom stereocenters. The molecule has 138 valence electrons. The Morgan fingerprint density at radius 2 is 1.96 bits per heavy atom. The molecule has 0 aliphatic rings. The van der Waals surface area contributed by atoms with Gasteiger partial charge >= 0.3 is 0 Å². The normalized spacial score (nSPS) is 11.4. The highest BCUT2D eigenvalue weighted by Gasteiger charge is 2.17. The molecule has 5 aromatic rings. The van der Waals surface area contributed by atoms with Gasteiger partial charge in [-0.05, 0) is 24.3 Å². The van der Waals surface area contributed by atoms with Gasteiger partial charge in [0.15, 0.2) is 5.82 Å². The number of halogens is 2. The Bertz CT molecular complexity index is 1300. The Balaban J connectivity index is 1.49. The van der Waals surface area contributed by atoms with Crippen molar-refractivity contribution in [2.45, 2.75) is 6.61 Å². The van der Waals surface area contributed by atoms with E-state index in [9.17, 15) is 8.78 Å². The molecule has 0 radical (unpaired) electrons. The zero-order valence-corrected chi connectivity index (χ0v) is 14.4. The SMILES string of the molecule is Fc1cc(F)c2c(-c3nc4ccc(OCc5cccnc5)cc4[nH]3)n[nH]c2c1. The first-order valence-corrected chi connectivity index (χ1v) is 8.52. The minimum absolute atomic E-state index is 0.188. The number of rotatable bonds is 4. The molecule has 28 heavy (non-hydrogen) atoms. The Hall–Kier alpha value is -3.81. The number of aromatic nitrogens is 5. The zero-order chi connectivity index (χ0) is 19.1. The number of pyridine rings is 1. The van der Waals surface area contributed by atoms with Crippen molar-refractivity contribution in [2.75, 3.05) is 0 Å². The van der Waals surface area contributed by atoms with E-state index in [1.165, 1.54) is 6.07 Å². The molecule has 6 nitrogen and oxygen atoms in total. The molecule has 2 N–H and O–H groups in total. The second-order valence-electron chi connectivity index (χ2n) is 6.30. The summed E-state index contributed by atoms with van der Waals surface area (Å²) in [6.07, 6.45) is 3.45. The van der Waals surface area contributed by atoms with Crippen LogP contribution in [-0.2, 0) is 6.61 Å². The maximum Gasteiger partial charge on any atom is 0.159 e. The van der Waals surface area contributed by atoms with Crippen molar-refractivity contribution in [1.29, 1.82) is 0 Å². The first-order chi connectivity index (χ1) is 13.7. The summed E-state index contributed by atoms with van der Waals surface area (Å²) in [5, 5.41) is 6.93.